The van der Waals surface area contributed by atoms with Gasteiger partial charge >= 0.3 is 0 Å². The molecule has 0 saturated carbocycles. The van der Waals surface area contributed by atoms with Crippen molar-refractivity contribution in [3.05, 3.63) is 210 Å². The van der Waals surface area contributed by atoms with E-state index in [1.807, 2.05) is 24.5 Å². The topological polar surface area (TPSA) is 35.5 Å². The van der Waals surface area contributed by atoms with Crippen molar-refractivity contribution in [1.29, 1.82) is 0 Å². The molecule has 3 aliphatic rings. The summed E-state index contributed by atoms with van der Waals surface area (Å²) in [5.41, 5.74) is 15.2. The summed E-state index contributed by atoms with van der Waals surface area (Å²) in [4.78, 5) is 17.3. The average molecular weight is 802 g/mol. The van der Waals surface area contributed by atoms with Gasteiger partial charge in [0.1, 0.15) is 11.6 Å². The molecule has 5 nitrogen and oxygen atoms in total. The van der Waals surface area contributed by atoms with Crippen LogP contribution in [0.25, 0.3) is 21.5 Å². The third-order valence-electron chi connectivity index (χ3n) is 14.2. The second-order valence-electron chi connectivity index (χ2n) is 18.8. The van der Waals surface area contributed by atoms with Gasteiger partial charge in [-0.15, -0.1) is 0 Å². The van der Waals surface area contributed by atoms with Gasteiger partial charge in [-0.25, -0.2) is 9.97 Å². The molecule has 0 N–H and O–H groups in total. The van der Waals surface area contributed by atoms with E-state index in [9.17, 15) is 0 Å². The highest BCUT2D eigenvalue weighted by molar-refractivity contribution is 6.01. The van der Waals surface area contributed by atoms with Crippen LogP contribution in [0.2, 0.25) is 0 Å². The maximum absolute atomic E-state index is 5.00. The van der Waals surface area contributed by atoms with Crippen molar-refractivity contribution in [2.45, 2.75) is 57.8 Å². The maximum atomic E-state index is 5.00. The predicted octanol–water partition coefficient (Wildman–Crippen LogP) is 15.1. The highest BCUT2D eigenvalue weighted by atomic mass is 15.2. The molecule has 7 aromatic carbocycles. The summed E-state index contributed by atoms with van der Waals surface area (Å²) in [6, 6.07) is 60.0. The number of aromatic nitrogens is 2. The van der Waals surface area contributed by atoms with Gasteiger partial charge in [0.25, 0.3) is 0 Å². The van der Waals surface area contributed by atoms with Gasteiger partial charge in [-0.1, -0.05) is 133 Å². The molecule has 0 saturated heterocycles. The van der Waals surface area contributed by atoms with E-state index in [-0.39, 0.29) is 10.8 Å². The minimum Gasteiger partial charge on any atom is -0.309 e. The molecule has 3 aliphatic heterocycles. The van der Waals surface area contributed by atoms with Crippen LogP contribution >= 0.6 is 0 Å². The van der Waals surface area contributed by atoms with Gasteiger partial charge in [0.2, 0.25) is 0 Å². The Morgan fingerprint density at radius 3 is 1.11 bits per heavy atom. The summed E-state index contributed by atoms with van der Waals surface area (Å²) in [7, 11) is 0. The zero-order valence-electron chi connectivity index (χ0n) is 36.0. The van der Waals surface area contributed by atoms with E-state index in [2.05, 4.69) is 208 Å². The highest BCUT2D eigenvalue weighted by Crippen LogP contribution is 2.67. The predicted molar refractivity (Wildman–Crippen MR) is 257 cm³/mol. The molecule has 0 fully saturated rings. The van der Waals surface area contributed by atoms with Crippen molar-refractivity contribution in [2.75, 3.05) is 14.7 Å². The fourth-order valence-corrected chi connectivity index (χ4v) is 10.9. The van der Waals surface area contributed by atoms with Crippen LogP contribution in [0, 0.1) is 0 Å². The third kappa shape index (κ3) is 5.08. The third-order valence-corrected chi connectivity index (χ3v) is 14.2. The molecule has 300 valence electrons. The Bertz CT molecular complexity index is 3080. The Morgan fingerprint density at radius 1 is 0.339 bits per heavy atom. The molecule has 5 heterocycles. The van der Waals surface area contributed by atoms with Crippen LogP contribution in [0.5, 0.6) is 0 Å². The van der Waals surface area contributed by atoms with E-state index in [4.69, 9.17) is 9.97 Å². The molecule has 0 radical (unpaired) electrons. The average Bonchev–Trinajstić information content (AvgIpc) is 3.29. The van der Waals surface area contributed by atoms with Gasteiger partial charge in [0.15, 0.2) is 0 Å². The first-order chi connectivity index (χ1) is 30.0. The normalized spacial score (nSPS) is 15.6. The first-order valence-corrected chi connectivity index (χ1v) is 21.7. The number of hydrogen-bond acceptors (Lipinski definition) is 5. The summed E-state index contributed by atoms with van der Waals surface area (Å²) in [5.74, 6) is 1.76. The van der Waals surface area contributed by atoms with Crippen molar-refractivity contribution in [3.63, 3.8) is 0 Å². The van der Waals surface area contributed by atoms with Crippen LogP contribution in [0.3, 0.4) is 0 Å². The lowest BCUT2D eigenvalue weighted by molar-refractivity contribution is 0.567. The molecule has 0 atom stereocenters. The van der Waals surface area contributed by atoms with Crippen LogP contribution in [0.4, 0.5) is 51.4 Å². The maximum Gasteiger partial charge on any atom is 0.137 e. The van der Waals surface area contributed by atoms with Gasteiger partial charge in [-0.2, -0.15) is 0 Å². The van der Waals surface area contributed by atoms with E-state index >= 15 is 0 Å². The molecule has 12 rings (SSSR count). The lowest BCUT2D eigenvalue weighted by atomic mass is 9.60. The smallest absolute Gasteiger partial charge is 0.137 e. The summed E-state index contributed by atoms with van der Waals surface area (Å²) >= 11 is 0. The number of hydrogen-bond donors (Lipinski definition) is 0. The van der Waals surface area contributed by atoms with Gasteiger partial charge in [-0.05, 0) is 128 Å². The first kappa shape index (κ1) is 36.6. The second-order valence-corrected chi connectivity index (χ2v) is 18.8. The quantitative estimate of drug-likeness (QED) is 0.167. The highest BCUT2D eigenvalue weighted by Gasteiger charge is 2.52. The Hall–Kier alpha value is -7.24. The van der Waals surface area contributed by atoms with Crippen molar-refractivity contribution in [1.82, 2.24) is 9.97 Å². The Labute approximate surface area is 363 Å². The zero-order chi connectivity index (χ0) is 42.1. The molecular weight excluding hydrogens is 755 g/mol. The largest absolute Gasteiger partial charge is 0.309 e. The van der Waals surface area contributed by atoms with Crippen LogP contribution < -0.4 is 14.7 Å². The number of anilines is 9. The van der Waals surface area contributed by atoms with Crippen molar-refractivity contribution in [3.8, 4) is 0 Å². The fourth-order valence-electron chi connectivity index (χ4n) is 10.9. The molecule has 0 unspecified atom stereocenters. The van der Waals surface area contributed by atoms with Gasteiger partial charge in [0, 0.05) is 51.4 Å². The Balaban J connectivity index is 1.15. The van der Waals surface area contributed by atoms with E-state index in [0.717, 1.165) is 34.4 Å². The molecule has 2 aromatic heterocycles. The number of fused-ring (bicyclic) bond motifs is 2. The van der Waals surface area contributed by atoms with Crippen molar-refractivity contribution >= 4 is 73.0 Å². The van der Waals surface area contributed by atoms with Crippen molar-refractivity contribution < 1.29 is 0 Å². The minimum absolute atomic E-state index is 0.298. The van der Waals surface area contributed by atoms with Crippen LogP contribution in [0.15, 0.2) is 176 Å². The molecule has 0 bridgehead atoms. The van der Waals surface area contributed by atoms with Crippen LogP contribution in [-0.4, -0.2) is 9.97 Å². The lowest BCUT2D eigenvalue weighted by Crippen LogP contribution is -2.44. The van der Waals surface area contributed by atoms with E-state index in [0.29, 0.717) is 0 Å². The monoisotopic (exact) mass is 801 g/mol. The molecule has 62 heavy (non-hydrogen) atoms. The SMILES string of the molecule is CC1(C)c2cccc3c2N2c4c1cc(N(c1ccc5ccccc5c1)c1ccccn1)cc4C(C)(C)c1cc(N(c4ccc5ccccc5c4)c4ccccn4)cc(c12)C3(C)C. The summed E-state index contributed by atoms with van der Waals surface area (Å²) in [6.45, 7) is 14.5. The fraction of sp³-hybridized carbons (Fsp3) is 0.158. The van der Waals surface area contributed by atoms with Crippen LogP contribution in [-0.2, 0) is 16.2 Å². The standard InChI is InChI=1S/C57H47N5/c1-55(2)44-20-15-21-45-52(44)62-53-46(55)32-42(60(50-22-11-13-28-58-50)40-26-24-36-16-7-9-18-38(36)30-40)34-48(53)57(5,6)49-35-43(33-47(54(49)62)56(45,3)4)61(51-23-12-14-29-59-51)41-27-25-37-17-8-10-19-39(37)31-41/h7-35H,1-6H3. The Kier molecular flexibility index (Phi) is 7.61. The molecule has 0 aliphatic carbocycles. The van der Waals surface area contributed by atoms with Crippen LogP contribution in [0.1, 0.15) is 74.9 Å². The number of para-hydroxylation sites is 1. The number of pyridine rings is 2. The first-order valence-electron chi connectivity index (χ1n) is 21.7. The number of benzene rings is 7. The van der Waals surface area contributed by atoms with Gasteiger partial charge in [0.05, 0.1) is 17.1 Å². The van der Waals surface area contributed by atoms with E-state index in [1.54, 1.807) is 0 Å². The number of rotatable bonds is 6. The molecular formula is C57H47N5. The summed E-state index contributed by atoms with van der Waals surface area (Å²) in [6.07, 6.45) is 3.80. The molecule has 5 heteroatoms. The Morgan fingerprint density at radius 2 is 0.710 bits per heavy atom. The zero-order valence-corrected chi connectivity index (χ0v) is 36.0. The van der Waals surface area contributed by atoms with Gasteiger partial charge < -0.3 is 4.90 Å². The number of nitrogens with zero attached hydrogens (tertiary/aromatic N) is 5. The summed E-state index contributed by atoms with van der Waals surface area (Å²) in [5, 5.41) is 4.82. The van der Waals surface area contributed by atoms with Crippen molar-refractivity contribution in [2.24, 2.45) is 0 Å². The minimum atomic E-state index is -0.412. The molecule has 0 amide bonds. The molecule has 0 spiro atoms. The lowest BCUT2D eigenvalue weighted by Gasteiger charge is -2.55. The molecule has 9 aromatic rings. The van der Waals surface area contributed by atoms with E-state index in [1.165, 1.54) is 72.0 Å². The van der Waals surface area contributed by atoms with E-state index < -0.39 is 5.41 Å². The summed E-state index contributed by atoms with van der Waals surface area (Å²) < 4.78 is 0. The second kappa shape index (κ2) is 12.9. The van der Waals surface area contributed by atoms with Gasteiger partial charge in [-0.3, -0.25) is 9.80 Å².